The molecule has 10 aromatic carbocycles. The zero-order valence-electron chi connectivity index (χ0n) is 39.2. The van der Waals surface area contributed by atoms with Gasteiger partial charge in [0.25, 0.3) is 0 Å². The number of benzene rings is 10. The number of hydrogen-bond donors (Lipinski definition) is 0. The summed E-state index contributed by atoms with van der Waals surface area (Å²) in [4.78, 5) is 0. The van der Waals surface area contributed by atoms with E-state index in [1.165, 1.54) is 18.2 Å². The van der Waals surface area contributed by atoms with Crippen LogP contribution in [0.5, 0.6) is 0 Å². The van der Waals surface area contributed by atoms with Crippen LogP contribution in [0.25, 0.3) is 111 Å². The Morgan fingerprint density at radius 3 is 0.900 bits per heavy atom. The number of aryl methyl sites for hydroxylation is 4. The monoisotopic (exact) mass is 905 g/mol. The van der Waals surface area contributed by atoms with Crippen LogP contribution >= 0.6 is 0 Å². The maximum atomic E-state index is 16.5. The van der Waals surface area contributed by atoms with Crippen LogP contribution in [0.1, 0.15) is 27.8 Å². The molecule has 70 heavy (non-hydrogen) atoms. The Bertz CT molecular complexity index is 3700. The summed E-state index contributed by atoms with van der Waals surface area (Å²) in [5, 5.41) is 15.8. The van der Waals surface area contributed by atoms with Gasteiger partial charge in [-0.1, -0.05) is 174 Å². The van der Waals surface area contributed by atoms with Crippen molar-refractivity contribution in [1.82, 2.24) is 9.13 Å². The van der Waals surface area contributed by atoms with Crippen LogP contribution in [0.4, 0.5) is 8.78 Å². The van der Waals surface area contributed by atoms with E-state index in [0.29, 0.717) is 22.5 Å². The van der Waals surface area contributed by atoms with Gasteiger partial charge < -0.3 is 9.13 Å². The summed E-state index contributed by atoms with van der Waals surface area (Å²) in [5.41, 5.74) is 17.7. The van der Waals surface area contributed by atoms with E-state index >= 15 is 8.78 Å². The summed E-state index contributed by atoms with van der Waals surface area (Å²) in [6.45, 7) is 8.34. The van der Waals surface area contributed by atoms with Crippen molar-refractivity contribution in [3.05, 3.63) is 240 Å². The van der Waals surface area contributed by atoms with Gasteiger partial charge >= 0.3 is 0 Å². The molecule has 0 N–H and O–H groups in total. The number of aromatic nitrogens is 2. The van der Waals surface area contributed by atoms with Crippen LogP contribution in [-0.4, -0.2) is 9.13 Å². The zero-order chi connectivity index (χ0) is 47.8. The standard InChI is InChI=1S/C65H45F2N3/c1-39-10-5-14-43(28-39)47-20-24-52-53-25-21-48(44-15-6-11-40(2)29-44)33-60(53)69(59(52)32-47)63-36-51(65-57(66)18-9-19-58(65)67)37-64(56(63)38-68)70-61-34-49(45-16-7-12-41(3)30-45)22-26-54(61)55-27-23-50(35-62(55)70)46-17-8-13-42(4)31-46/h5-37H,1-4H3. The van der Waals surface area contributed by atoms with Crippen LogP contribution in [-0.2, 0) is 0 Å². The lowest BCUT2D eigenvalue weighted by molar-refractivity contribution is 0.589. The van der Waals surface area contributed by atoms with Gasteiger partial charge in [-0.05, 0) is 126 Å². The predicted molar refractivity (Wildman–Crippen MR) is 286 cm³/mol. The maximum absolute atomic E-state index is 16.5. The average molecular weight is 906 g/mol. The Balaban J connectivity index is 1.25. The fraction of sp³-hybridized carbons (Fsp3) is 0.0615. The third kappa shape index (κ3) is 7.16. The largest absolute Gasteiger partial charge is 0.308 e. The topological polar surface area (TPSA) is 33.6 Å². The van der Waals surface area contributed by atoms with Crippen LogP contribution in [0.15, 0.2) is 200 Å². The molecular formula is C65H45F2N3. The van der Waals surface area contributed by atoms with Gasteiger partial charge in [-0.3, -0.25) is 0 Å². The minimum Gasteiger partial charge on any atom is -0.308 e. The number of rotatable bonds is 7. The number of halogens is 2. The van der Waals surface area contributed by atoms with Gasteiger partial charge in [0.2, 0.25) is 0 Å². The molecule has 3 nitrogen and oxygen atoms in total. The lowest BCUT2D eigenvalue weighted by Crippen LogP contribution is -2.06. The summed E-state index contributed by atoms with van der Waals surface area (Å²) in [7, 11) is 0. The molecule has 334 valence electrons. The smallest absolute Gasteiger partial charge is 0.133 e. The molecule has 0 spiro atoms. The summed E-state index contributed by atoms with van der Waals surface area (Å²) >= 11 is 0. The summed E-state index contributed by atoms with van der Waals surface area (Å²) in [5.74, 6) is -1.39. The molecule has 0 fully saturated rings. The first-order chi connectivity index (χ1) is 34.1. The van der Waals surface area contributed by atoms with Crippen molar-refractivity contribution in [1.29, 1.82) is 5.26 Å². The third-order valence-corrected chi connectivity index (χ3v) is 13.9. The van der Waals surface area contributed by atoms with Gasteiger partial charge in [-0.15, -0.1) is 0 Å². The molecule has 0 radical (unpaired) electrons. The molecule has 2 aromatic heterocycles. The van der Waals surface area contributed by atoms with Crippen molar-refractivity contribution in [3.8, 4) is 73.1 Å². The minimum absolute atomic E-state index is 0.169. The number of fused-ring (bicyclic) bond motifs is 6. The first kappa shape index (κ1) is 42.5. The molecule has 0 aliphatic rings. The maximum Gasteiger partial charge on any atom is 0.133 e. The predicted octanol–water partition coefficient (Wildman–Crippen LogP) is 17.6. The molecule has 0 amide bonds. The molecule has 0 atom stereocenters. The zero-order valence-corrected chi connectivity index (χ0v) is 39.2. The number of hydrogen-bond acceptors (Lipinski definition) is 1. The Hall–Kier alpha value is -8.85. The molecule has 12 rings (SSSR count). The van der Waals surface area contributed by atoms with Crippen LogP contribution < -0.4 is 0 Å². The van der Waals surface area contributed by atoms with E-state index in [0.717, 1.165) is 110 Å². The van der Waals surface area contributed by atoms with Gasteiger partial charge in [0.05, 0.1) is 39.0 Å². The minimum atomic E-state index is -0.696. The van der Waals surface area contributed by atoms with Gasteiger partial charge in [-0.25, -0.2) is 8.78 Å². The van der Waals surface area contributed by atoms with Gasteiger partial charge in [-0.2, -0.15) is 5.26 Å². The first-order valence-electron chi connectivity index (χ1n) is 23.6. The second kappa shape index (κ2) is 16.7. The summed E-state index contributed by atoms with van der Waals surface area (Å²) < 4.78 is 37.2. The molecule has 0 aliphatic heterocycles. The van der Waals surface area contributed by atoms with Gasteiger partial charge in [0.1, 0.15) is 23.3 Å². The average Bonchev–Trinajstić information content (AvgIpc) is 3.87. The third-order valence-electron chi connectivity index (χ3n) is 13.9. The second-order valence-corrected chi connectivity index (χ2v) is 18.7. The molecular weight excluding hydrogens is 861 g/mol. The summed E-state index contributed by atoms with van der Waals surface area (Å²) in [6.07, 6.45) is 0. The van der Waals surface area contributed by atoms with Crippen molar-refractivity contribution in [2.75, 3.05) is 0 Å². The SMILES string of the molecule is Cc1cccc(-c2ccc3c4ccc(-c5cccc(C)c5)cc4n(-c4cc(-c5c(F)cccc5F)cc(-n5c6cc(-c7cccc(C)c7)ccc6c6ccc(-c7cccc(C)c7)cc65)c4C#N)c3c2)c1. The quantitative estimate of drug-likeness (QED) is 0.157. The van der Waals surface area contributed by atoms with Crippen LogP contribution in [0, 0.1) is 50.7 Å². The Labute approximate surface area is 405 Å². The second-order valence-electron chi connectivity index (χ2n) is 18.7. The van der Waals surface area contributed by atoms with Crippen molar-refractivity contribution >= 4 is 43.6 Å². The lowest BCUT2D eigenvalue weighted by atomic mass is 9.98. The van der Waals surface area contributed by atoms with Crippen molar-refractivity contribution in [2.24, 2.45) is 0 Å². The fourth-order valence-electron chi connectivity index (χ4n) is 10.6. The van der Waals surface area contributed by atoms with Crippen molar-refractivity contribution < 1.29 is 8.78 Å². The number of nitriles is 1. The Morgan fingerprint density at radius 2 is 0.614 bits per heavy atom. The molecule has 2 heterocycles. The number of nitrogens with zero attached hydrogens (tertiary/aromatic N) is 3. The Morgan fingerprint density at radius 1 is 0.329 bits per heavy atom. The molecule has 12 aromatic rings. The van der Waals surface area contributed by atoms with E-state index < -0.39 is 11.6 Å². The van der Waals surface area contributed by atoms with E-state index in [2.05, 4.69) is 213 Å². The highest BCUT2D eigenvalue weighted by Gasteiger charge is 2.25. The van der Waals surface area contributed by atoms with E-state index in [4.69, 9.17) is 0 Å². The molecule has 0 bridgehead atoms. The lowest BCUT2D eigenvalue weighted by Gasteiger charge is -2.19. The fourth-order valence-corrected chi connectivity index (χ4v) is 10.6. The van der Waals surface area contributed by atoms with Gasteiger partial charge in [0.15, 0.2) is 0 Å². The molecule has 0 unspecified atom stereocenters. The normalized spacial score (nSPS) is 11.6. The van der Waals surface area contributed by atoms with E-state index in [1.54, 1.807) is 12.1 Å². The molecule has 0 saturated carbocycles. The van der Waals surface area contributed by atoms with Crippen LogP contribution in [0.3, 0.4) is 0 Å². The van der Waals surface area contributed by atoms with E-state index in [-0.39, 0.29) is 5.56 Å². The molecule has 0 saturated heterocycles. The van der Waals surface area contributed by atoms with E-state index in [1.807, 2.05) is 0 Å². The molecule has 0 aliphatic carbocycles. The molecule has 5 heteroatoms. The van der Waals surface area contributed by atoms with Gasteiger partial charge in [0, 0.05) is 21.5 Å². The highest BCUT2D eigenvalue weighted by Crippen LogP contribution is 2.44. The highest BCUT2D eigenvalue weighted by atomic mass is 19.1. The summed E-state index contributed by atoms with van der Waals surface area (Å²) in [6, 6.07) is 69.8. The first-order valence-corrected chi connectivity index (χ1v) is 23.6. The van der Waals surface area contributed by atoms with Crippen molar-refractivity contribution in [2.45, 2.75) is 27.7 Å². The van der Waals surface area contributed by atoms with Crippen molar-refractivity contribution in [3.63, 3.8) is 0 Å². The van der Waals surface area contributed by atoms with Crippen LogP contribution in [0.2, 0.25) is 0 Å². The highest BCUT2D eigenvalue weighted by molar-refractivity contribution is 6.13. The van der Waals surface area contributed by atoms with E-state index in [9.17, 15) is 5.26 Å². The Kier molecular flexibility index (Phi) is 10.2.